The molecule has 5 heteroatoms. The van der Waals surface area contributed by atoms with Gasteiger partial charge in [-0.1, -0.05) is 24.3 Å². The van der Waals surface area contributed by atoms with E-state index in [4.69, 9.17) is 0 Å². The monoisotopic (exact) mass is 347 g/mol. The summed E-state index contributed by atoms with van der Waals surface area (Å²) in [5, 5.41) is 8.82. The predicted molar refractivity (Wildman–Crippen MR) is 86.8 cm³/mol. The van der Waals surface area contributed by atoms with Gasteiger partial charge in [0.2, 0.25) is 0 Å². The Morgan fingerprint density at radius 1 is 1.19 bits per heavy atom. The maximum absolute atomic E-state index is 13.8. The molecule has 0 saturated heterocycles. The van der Waals surface area contributed by atoms with E-state index in [0.717, 1.165) is 23.1 Å². The Bertz CT molecular complexity index is 762. The summed E-state index contributed by atoms with van der Waals surface area (Å²) in [5.74, 6) is -0.274. The Balaban J connectivity index is 1.92. The van der Waals surface area contributed by atoms with Gasteiger partial charge in [0.15, 0.2) is 0 Å². The van der Waals surface area contributed by atoms with Crippen LogP contribution in [0.25, 0.3) is 10.9 Å². The molecule has 0 atom stereocenters. The molecule has 3 rings (SSSR count). The smallest absolute Gasteiger partial charge is 0.147 e. The van der Waals surface area contributed by atoms with Gasteiger partial charge in [-0.05, 0) is 41.1 Å². The van der Waals surface area contributed by atoms with Crippen LogP contribution in [0.2, 0.25) is 0 Å². The molecular weight excluding hydrogens is 333 g/mol. The molecule has 108 valence electrons. The molecule has 0 amide bonds. The Morgan fingerprint density at radius 3 is 2.76 bits per heavy atom. The summed E-state index contributed by atoms with van der Waals surface area (Å²) in [7, 11) is 0. The van der Waals surface area contributed by atoms with Crippen molar-refractivity contribution in [3.63, 3.8) is 0 Å². The fourth-order valence-corrected chi connectivity index (χ4v) is 2.89. The molecule has 0 spiro atoms. The first-order valence-corrected chi connectivity index (χ1v) is 7.62. The molecule has 0 saturated carbocycles. The summed E-state index contributed by atoms with van der Waals surface area (Å²) in [6, 6.07) is 13.0. The second-order valence-corrected chi connectivity index (χ2v) is 5.58. The lowest BCUT2D eigenvalue weighted by molar-refractivity contribution is 0.628. The minimum absolute atomic E-state index is 0.274. The maximum atomic E-state index is 13.8. The standard InChI is InChI=1S/C16H15BrFN3/c1-2-21-15-9-4-3-6-11(15)14(20-21)10-19-16-12(17)7-5-8-13(16)18/h3-9,19H,2,10H2,1H3. The number of nitrogens with zero attached hydrogens (tertiary/aromatic N) is 2. The van der Waals surface area contributed by atoms with Gasteiger partial charge in [0, 0.05) is 16.4 Å². The molecule has 0 aliphatic carbocycles. The molecule has 21 heavy (non-hydrogen) atoms. The first kappa shape index (κ1) is 14.1. The molecule has 0 aliphatic rings. The van der Waals surface area contributed by atoms with Gasteiger partial charge in [0.1, 0.15) is 5.82 Å². The summed E-state index contributed by atoms with van der Waals surface area (Å²) >= 11 is 3.36. The lowest BCUT2D eigenvalue weighted by Crippen LogP contribution is -2.04. The number of fused-ring (bicyclic) bond motifs is 1. The highest BCUT2D eigenvalue weighted by molar-refractivity contribution is 9.10. The number of benzene rings is 2. The van der Waals surface area contributed by atoms with Crippen LogP contribution in [0.15, 0.2) is 46.9 Å². The van der Waals surface area contributed by atoms with Gasteiger partial charge in [-0.2, -0.15) is 5.10 Å². The minimum atomic E-state index is -0.274. The lowest BCUT2D eigenvalue weighted by Gasteiger charge is -2.08. The molecule has 0 aliphatic heterocycles. The van der Waals surface area contributed by atoms with Crippen LogP contribution in [0.5, 0.6) is 0 Å². The van der Waals surface area contributed by atoms with Crippen molar-refractivity contribution in [2.24, 2.45) is 0 Å². The number of aryl methyl sites for hydroxylation is 1. The van der Waals surface area contributed by atoms with Gasteiger partial charge in [0.05, 0.1) is 23.4 Å². The van der Waals surface area contributed by atoms with E-state index < -0.39 is 0 Å². The van der Waals surface area contributed by atoms with Crippen molar-refractivity contribution in [3.8, 4) is 0 Å². The fraction of sp³-hybridized carbons (Fsp3) is 0.188. The molecule has 1 heterocycles. The molecule has 1 N–H and O–H groups in total. The first-order valence-electron chi connectivity index (χ1n) is 6.83. The highest BCUT2D eigenvalue weighted by Gasteiger charge is 2.11. The molecule has 0 radical (unpaired) electrons. The number of rotatable bonds is 4. The number of hydrogen-bond donors (Lipinski definition) is 1. The molecule has 3 nitrogen and oxygen atoms in total. The van der Waals surface area contributed by atoms with Crippen molar-refractivity contribution in [1.82, 2.24) is 9.78 Å². The summed E-state index contributed by atoms with van der Waals surface area (Å²) in [5.41, 5.74) is 2.49. The van der Waals surface area contributed by atoms with Crippen LogP contribution in [-0.2, 0) is 13.1 Å². The van der Waals surface area contributed by atoms with Gasteiger partial charge in [0.25, 0.3) is 0 Å². The lowest BCUT2D eigenvalue weighted by atomic mass is 10.2. The topological polar surface area (TPSA) is 29.9 Å². The number of anilines is 1. The van der Waals surface area contributed by atoms with Gasteiger partial charge >= 0.3 is 0 Å². The second kappa shape index (κ2) is 5.85. The van der Waals surface area contributed by atoms with Crippen molar-refractivity contribution in [2.75, 3.05) is 5.32 Å². The highest BCUT2D eigenvalue weighted by Crippen LogP contribution is 2.26. The second-order valence-electron chi connectivity index (χ2n) is 4.73. The highest BCUT2D eigenvalue weighted by atomic mass is 79.9. The minimum Gasteiger partial charge on any atom is -0.376 e. The van der Waals surface area contributed by atoms with E-state index in [1.54, 1.807) is 6.07 Å². The SMILES string of the molecule is CCn1nc(CNc2c(F)cccc2Br)c2ccccc21. The molecule has 0 unspecified atom stereocenters. The molecule has 2 aromatic carbocycles. The molecule has 3 aromatic rings. The van der Waals surface area contributed by atoms with Gasteiger partial charge < -0.3 is 5.32 Å². The average Bonchev–Trinajstić information content (AvgIpc) is 2.85. The zero-order valence-corrected chi connectivity index (χ0v) is 13.2. The van der Waals surface area contributed by atoms with Gasteiger partial charge in [-0.15, -0.1) is 0 Å². The number of para-hydroxylation sites is 2. The molecule has 0 bridgehead atoms. The van der Waals surface area contributed by atoms with Crippen molar-refractivity contribution < 1.29 is 4.39 Å². The number of nitrogens with one attached hydrogen (secondary N) is 1. The summed E-state index contributed by atoms with van der Waals surface area (Å²) in [6.07, 6.45) is 0. The predicted octanol–water partition coefficient (Wildman–Crippen LogP) is 4.57. The number of hydrogen-bond acceptors (Lipinski definition) is 2. The van der Waals surface area contributed by atoms with Gasteiger partial charge in [-0.3, -0.25) is 4.68 Å². The molecule has 1 aromatic heterocycles. The maximum Gasteiger partial charge on any atom is 0.147 e. The fourth-order valence-electron chi connectivity index (χ4n) is 2.41. The Morgan fingerprint density at radius 2 is 2.00 bits per heavy atom. The van der Waals surface area contributed by atoms with Crippen LogP contribution in [0, 0.1) is 5.82 Å². The van der Waals surface area contributed by atoms with E-state index in [1.807, 2.05) is 35.0 Å². The van der Waals surface area contributed by atoms with Gasteiger partial charge in [-0.25, -0.2) is 4.39 Å². The quantitative estimate of drug-likeness (QED) is 0.749. The van der Waals surface area contributed by atoms with E-state index in [1.165, 1.54) is 6.07 Å². The van der Waals surface area contributed by atoms with Crippen molar-refractivity contribution >= 4 is 32.5 Å². The summed E-state index contributed by atoms with van der Waals surface area (Å²) in [4.78, 5) is 0. The largest absolute Gasteiger partial charge is 0.376 e. The summed E-state index contributed by atoms with van der Waals surface area (Å²) in [6.45, 7) is 3.35. The normalized spacial score (nSPS) is 11.0. The van der Waals surface area contributed by atoms with Crippen LogP contribution in [0.3, 0.4) is 0 Å². The Kier molecular flexibility index (Phi) is 3.92. The number of halogens is 2. The average molecular weight is 348 g/mol. The third-order valence-electron chi connectivity index (χ3n) is 3.43. The van der Waals surface area contributed by atoms with Crippen LogP contribution >= 0.6 is 15.9 Å². The third kappa shape index (κ3) is 2.65. The van der Waals surface area contributed by atoms with Crippen LogP contribution in [-0.4, -0.2) is 9.78 Å². The van der Waals surface area contributed by atoms with E-state index in [9.17, 15) is 4.39 Å². The van der Waals surface area contributed by atoms with E-state index >= 15 is 0 Å². The zero-order valence-electron chi connectivity index (χ0n) is 11.6. The Hall–Kier alpha value is -1.88. The molecular formula is C16H15BrFN3. The first-order chi connectivity index (χ1) is 10.2. The third-order valence-corrected chi connectivity index (χ3v) is 4.09. The van der Waals surface area contributed by atoms with E-state index in [-0.39, 0.29) is 5.82 Å². The van der Waals surface area contributed by atoms with E-state index in [0.29, 0.717) is 16.7 Å². The van der Waals surface area contributed by atoms with Crippen molar-refractivity contribution in [3.05, 3.63) is 58.4 Å². The van der Waals surface area contributed by atoms with Crippen LogP contribution in [0.1, 0.15) is 12.6 Å². The Labute approximate surface area is 130 Å². The van der Waals surface area contributed by atoms with Crippen LogP contribution in [0.4, 0.5) is 10.1 Å². The number of aromatic nitrogens is 2. The zero-order chi connectivity index (χ0) is 14.8. The van der Waals surface area contributed by atoms with Crippen LogP contribution < -0.4 is 5.32 Å². The van der Waals surface area contributed by atoms with Crippen molar-refractivity contribution in [1.29, 1.82) is 0 Å². The van der Waals surface area contributed by atoms with Crippen molar-refractivity contribution in [2.45, 2.75) is 20.0 Å². The molecule has 0 fully saturated rings. The summed E-state index contributed by atoms with van der Waals surface area (Å²) < 4.78 is 16.5. The van der Waals surface area contributed by atoms with E-state index in [2.05, 4.69) is 33.3 Å².